The number of nitrogens with two attached hydrogens (primary N) is 2. The third kappa shape index (κ3) is 5.02. The van der Waals surface area contributed by atoms with Crippen molar-refractivity contribution in [2.24, 2.45) is 10.7 Å². The normalized spacial score (nSPS) is 11.7. The number of halogens is 1. The third-order valence-corrected chi connectivity index (χ3v) is 4.87. The second-order valence-corrected chi connectivity index (χ2v) is 6.68. The number of nitrogen functional groups attached to an aromatic ring is 1. The standard InChI is InChI=1S/C22H24FN5.C2H6/c1-13-7-9-17(21(25)16-5-4-6-19(24)18(16)12-26-3)22(14(13)2)28-15-8-10-20(23)27-11-15;1-2/h4-12,21,28H,24-25H2,1-3H3;1-2H3. The number of anilines is 3. The van der Waals surface area contributed by atoms with Crippen molar-refractivity contribution in [1.82, 2.24) is 4.98 Å². The van der Waals surface area contributed by atoms with E-state index < -0.39 is 12.0 Å². The largest absolute Gasteiger partial charge is 0.398 e. The van der Waals surface area contributed by atoms with Crippen LogP contribution in [0.2, 0.25) is 0 Å². The van der Waals surface area contributed by atoms with Crippen molar-refractivity contribution < 1.29 is 4.39 Å². The lowest BCUT2D eigenvalue weighted by molar-refractivity contribution is 0.584. The van der Waals surface area contributed by atoms with Crippen LogP contribution in [0.4, 0.5) is 21.5 Å². The van der Waals surface area contributed by atoms with Crippen LogP contribution in [0, 0.1) is 19.8 Å². The number of aromatic nitrogens is 1. The summed E-state index contributed by atoms with van der Waals surface area (Å²) in [6.45, 7) is 8.06. The van der Waals surface area contributed by atoms with Crippen molar-refractivity contribution in [3.8, 4) is 0 Å². The Bertz CT molecular complexity index is 1010. The van der Waals surface area contributed by atoms with Gasteiger partial charge in [0, 0.05) is 30.2 Å². The lowest BCUT2D eigenvalue weighted by Gasteiger charge is -2.23. The van der Waals surface area contributed by atoms with Gasteiger partial charge in [-0.2, -0.15) is 4.39 Å². The van der Waals surface area contributed by atoms with E-state index in [2.05, 4.69) is 15.3 Å². The Labute approximate surface area is 178 Å². The minimum absolute atomic E-state index is 0.424. The quantitative estimate of drug-likeness (QED) is 0.305. The Balaban J connectivity index is 0.00000155. The number of hydrogen-bond acceptors (Lipinski definition) is 5. The van der Waals surface area contributed by atoms with Gasteiger partial charge in [0.2, 0.25) is 5.95 Å². The summed E-state index contributed by atoms with van der Waals surface area (Å²) in [4.78, 5) is 7.83. The van der Waals surface area contributed by atoms with Gasteiger partial charge in [0.25, 0.3) is 0 Å². The van der Waals surface area contributed by atoms with Crippen molar-refractivity contribution in [2.45, 2.75) is 33.7 Å². The summed E-state index contributed by atoms with van der Waals surface area (Å²) in [6.07, 6.45) is 3.19. The van der Waals surface area contributed by atoms with Crippen LogP contribution in [0.5, 0.6) is 0 Å². The molecular weight excluding hydrogens is 377 g/mol. The van der Waals surface area contributed by atoms with Gasteiger partial charge in [-0.1, -0.05) is 38.1 Å². The molecule has 5 N–H and O–H groups in total. The summed E-state index contributed by atoms with van der Waals surface area (Å²) in [7, 11) is 1.70. The molecule has 0 radical (unpaired) electrons. The van der Waals surface area contributed by atoms with Crippen molar-refractivity contribution in [3.63, 3.8) is 0 Å². The van der Waals surface area contributed by atoms with Gasteiger partial charge in [0.05, 0.1) is 17.9 Å². The molecule has 0 fully saturated rings. The highest BCUT2D eigenvalue weighted by molar-refractivity contribution is 5.89. The van der Waals surface area contributed by atoms with E-state index >= 15 is 0 Å². The molecule has 0 amide bonds. The topological polar surface area (TPSA) is 89.3 Å². The van der Waals surface area contributed by atoms with Crippen LogP contribution in [-0.4, -0.2) is 18.2 Å². The van der Waals surface area contributed by atoms with Gasteiger partial charge >= 0.3 is 0 Å². The summed E-state index contributed by atoms with van der Waals surface area (Å²) in [5, 5.41) is 3.35. The fourth-order valence-electron chi connectivity index (χ4n) is 3.17. The molecule has 1 aromatic heterocycles. The Morgan fingerprint density at radius 2 is 1.80 bits per heavy atom. The molecule has 1 atom stereocenters. The molecular formula is C24H30FN5. The maximum Gasteiger partial charge on any atom is 0.212 e. The predicted molar refractivity (Wildman–Crippen MR) is 125 cm³/mol. The van der Waals surface area contributed by atoms with Crippen molar-refractivity contribution in [2.75, 3.05) is 18.1 Å². The van der Waals surface area contributed by atoms with Crippen LogP contribution in [-0.2, 0) is 0 Å². The number of aliphatic imine (C=N–C) groups is 1. The van der Waals surface area contributed by atoms with Crippen molar-refractivity contribution in [3.05, 3.63) is 82.4 Å². The number of nitrogens with zero attached hydrogens (tertiary/aromatic N) is 2. The van der Waals surface area contributed by atoms with Crippen LogP contribution in [0.3, 0.4) is 0 Å². The fraction of sp³-hybridized carbons (Fsp3) is 0.250. The molecule has 3 rings (SSSR count). The van der Waals surface area contributed by atoms with E-state index in [1.807, 2.05) is 58.0 Å². The average Bonchev–Trinajstić information content (AvgIpc) is 2.75. The van der Waals surface area contributed by atoms with E-state index in [0.29, 0.717) is 11.4 Å². The first kappa shape index (κ1) is 23.0. The number of rotatable bonds is 5. The highest BCUT2D eigenvalue weighted by Gasteiger charge is 2.19. The molecule has 0 bridgehead atoms. The van der Waals surface area contributed by atoms with Crippen LogP contribution in [0.15, 0.2) is 53.7 Å². The van der Waals surface area contributed by atoms with Gasteiger partial charge in [-0.3, -0.25) is 4.99 Å². The molecule has 0 saturated heterocycles. The second kappa shape index (κ2) is 10.5. The number of benzene rings is 2. The van der Waals surface area contributed by atoms with E-state index in [4.69, 9.17) is 11.5 Å². The molecule has 0 spiro atoms. The summed E-state index contributed by atoms with van der Waals surface area (Å²) in [6, 6.07) is 12.3. The maximum absolute atomic E-state index is 13.2. The molecule has 0 aliphatic heterocycles. The van der Waals surface area contributed by atoms with Crippen molar-refractivity contribution >= 4 is 23.3 Å². The van der Waals surface area contributed by atoms with Crippen LogP contribution >= 0.6 is 0 Å². The first-order valence-electron chi connectivity index (χ1n) is 9.97. The van der Waals surface area contributed by atoms with Crippen LogP contribution in [0.25, 0.3) is 0 Å². The second-order valence-electron chi connectivity index (χ2n) is 6.68. The minimum atomic E-state index is -0.522. The summed E-state index contributed by atoms with van der Waals surface area (Å²) >= 11 is 0. The monoisotopic (exact) mass is 407 g/mol. The molecule has 1 heterocycles. The number of hydrogen-bond donors (Lipinski definition) is 3. The third-order valence-electron chi connectivity index (χ3n) is 4.87. The summed E-state index contributed by atoms with van der Waals surface area (Å²) in [5.74, 6) is -0.522. The van der Waals surface area contributed by atoms with Gasteiger partial charge < -0.3 is 16.8 Å². The van der Waals surface area contributed by atoms with Gasteiger partial charge in [0.1, 0.15) is 0 Å². The van der Waals surface area contributed by atoms with E-state index in [-0.39, 0.29) is 0 Å². The Kier molecular flexibility index (Phi) is 8.07. The average molecular weight is 408 g/mol. The zero-order valence-electron chi connectivity index (χ0n) is 18.2. The Morgan fingerprint density at radius 1 is 1.07 bits per heavy atom. The molecule has 158 valence electrons. The molecule has 0 aliphatic rings. The summed E-state index contributed by atoms with van der Waals surface area (Å²) < 4.78 is 13.2. The number of pyridine rings is 1. The Morgan fingerprint density at radius 3 is 2.43 bits per heavy atom. The highest BCUT2D eigenvalue weighted by atomic mass is 19.1. The fourth-order valence-corrected chi connectivity index (χ4v) is 3.17. The lowest BCUT2D eigenvalue weighted by atomic mass is 9.90. The molecule has 0 saturated carbocycles. The van der Waals surface area contributed by atoms with Crippen LogP contribution in [0.1, 0.15) is 47.7 Å². The van der Waals surface area contributed by atoms with Gasteiger partial charge in [-0.15, -0.1) is 0 Å². The van der Waals surface area contributed by atoms with E-state index in [0.717, 1.165) is 33.5 Å². The first-order chi connectivity index (χ1) is 14.4. The smallest absolute Gasteiger partial charge is 0.212 e. The molecule has 5 nitrogen and oxygen atoms in total. The van der Waals surface area contributed by atoms with E-state index in [1.54, 1.807) is 19.3 Å². The molecule has 2 aromatic carbocycles. The Hall–Kier alpha value is -3.25. The highest BCUT2D eigenvalue weighted by Crippen LogP contribution is 2.35. The van der Waals surface area contributed by atoms with E-state index in [1.165, 1.54) is 12.3 Å². The van der Waals surface area contributed by atoms with Gasteiger partial charge in [-0.25, -0.2) is 4.98 Å². The SMILES string of the molecule is CC.CN=Cc1c(N)cccc1C(N)c1ccc(C)c(C)c1Nc1ccc(F)nc1. The number of aryl methyl sites for hydroxylation is 1. The molecule has 30 heavy (non-hydrogen) atoms. The lowest BCUT2D eigenvalue weighted by Crippen LogP contribution is -2.17. The molecule has 0 aliphatic carbocycles. The van der Waals surface area contributed by atoms with Crippen LogP contribution < -0.4 is 16.8 Å². The predicted octanol–water partition coefficient (Wildman–Crippen LogP) is 5.29. The zero-order valence-corrected chi connectivity index (χ0v) is 18.2. The molecule has 6 heteroatoms. The van der Waals surface area contributed by atoms with Gasteiger partial charge in [-0.05, 0) is 54.3 Å². The molecule has 1 unspecified atom stereocenters. The zero-order chi connectivity index (χ0) is 22.3. The van der Waals surface area contributed by atoms with E-state index in [9.17, 15) is 4.39 Å². The number of nitrogens with one attached hydrogen (secondary N) is 1. The molecule has 3 aromatic rings. The van der Waals surface area contributed by atoms with Crippen molar-refractivity contribution in [1.29, 1.82) is 0 Å². The maximum atomic E-state index is 13.2. The summed E-state index contributed by atoms with van der Waals surface area (Å²) in [5.41, 5.74) is 19.8. The first-order valence-corrected chi connectivity index (χ1v) is 9.97. The minimum Gasteiger partial charge on any atom is -0.398 e. The van der Waals surface area contributed by atoms with Gasteiger partial charge in [0.15, 0.2) is 0 Å².